The first-order valence-corrected chi connectivity index (χ1v) is 3.57. The fourth-order valence-corrected chi connectivity index (χ4v) is 0.933. The number of rotatable bonds is 3. The number of nitrogen functional groups attached to an aromatic ring is 1. The van der Waals surface area contributed by atoms with Crippen molar-refractivity contribution >= 4 is 12.1 Å². The summed E-state index contributed by atoms with van der Waals surface area (Å²) in [7, 11) is 0. The highest BCUT2D eigenvalue weighted by Gasteiger charge is 2.06. The third-order valence-electron chi connectivity index (χ3n) is 1.56. The van der Waals surface area contributed by atoms with E-state index < -0.39 is 0 Å². The highest BCUT2D eigenvalue weighted by Crippen LogP contribution is 2.02. The van der Waals surface area contributed by atoms with Crippen molar-refractivity contribution in [3.05, 3.63) is 36.3 Å². The number of hydrogen-bond donors (Lipinski definition) is 2. The molecule has 0 bridgehead atoms. The van der Waals surface area contributed by atoms with Gasteiger partial charge in [-0.15, -0.1) is 0 Å². The molecule has 1 rings (SSSR count). The Morgan fingerprint density at radius 1 is 1.62 bits per heavy atom. The monoisotopic (exact) mass is 178 g/mol. The van der Waals surface area contributed by atoms with Crippen LogP contribution >= 0.6 is 0 Å². The predicted octanol–water partition coefficient (Wildman–Crippen LogP) is -0.137. The topological polar surface area (TPSA) is 86.4 Å². The molecule has 0 aromatic carbocycles. The van der Waals surface area contributed by atoms with Crippen LogP contribution in [0.1, 0.15) is 16.2 Å². The highest BCUT2D eigenvalue weighted by atomic mass is 16.1. The molecule has 0 saturated heterocycles. The molecule has 0 saturated carbocycles. The molecule has 0 aliphatic heterocycles. The molecule has 0 aliphatic carbocycles. The summed E-state index contributed by atoms with van der Waals surface area (Å²) in [4.78, 5) is 14.2. The van der Waals surface area contributed by atoms with E-state index in [1.807, 2.05) is 0 Å². The van der Waals surface area contributed by atoms with Crippen LogP contribution in [0, 0.1) is 0 Å². The maximum atomic E-state index is 10.4. The van der Waals surface area contributed by atoms with Gasteiger partial charge in [0.25, 0.3) is 0 Å². The number of carbonyl (C=O) groups is 1. The molecule has 0 atom stereocenters. The Kier molecular flexibility index (Phi) is 2.49. The summed E-state index contributed by atoms with van der Waals surface area (Å²) in [5.74, 6) is 5.76. The normalized spacial score (nSPS) is 11.2. The number of aldehydes is 1. The number of nitrogens with two attached hydrogens (primary N) is 2. The molecule has 0 radical (unpaired) electrons. The van der Waals surface area contributed by atoms with E-state index in [1.165, 1.54) is 10.9 Å². The van der Waals surface area contributed by atoms with E-state index in [0.717, 1.165) is 0 Å². The second-order valence-corrected chi connectivity index (χ2v) is 2.33. The van der Waals surface area contributed by atoms with Gasteiger partial charge in [-0.05, 0) is 12.1 Å². The van der Waals surface area contributed by atoms with Crippen LogP contribution in [0.25, 0.3) is 0 Å². The minimum absolute atomic E-state index is 0.227. The second kappa shape index (κ2) is 3.57. The molecule has 0 aliphatic rings. The Balaban J connectivity index is 3.16. The minimum Gasteiger partial charge on any atom is -0.382 e. The highest BCUT2D eigenvalue weighted by molar-refractivity contribution is 5.97. The van der Waals surface area contributed by atoms with Crippen molar-refractivity contribution in [2.45, 2.75) is 0 Å². The quantitative estimate of drug-likeness (QED) is 0.292. The first-order valence-electron chi connectivity index (χ1n) is 3.57. The van der Waals surface area contributed by atoms with Crippen LogP contribution < -0.4 is 11.6 Å². The predicted molar refractivity (Wildman–Crippen MR) is 50.9 cm³/mol. The van der Waals surface area contributed by atoms with Crippen molar-refractivity contribution in [2.75, 3.05) is 5.84 Å². The molecule has 13 heavy (non-hydrogen) atoms. The number of carbonyl (C=O) groups excluding carboxylic acids is 1. The number of amidine groups is 1. The average molecular weight is 178 g/mol. The molecule has 1 aromatic rings. The third kappa shape index (κ3) is 1.58. The number of hydrogen-bond acceptors (Lipinski definition) is 3. The molecule has 4 N–H and O–H groups in total. The molecule has 0 spiro atoms. The van der Waals surface area contributed by atoms with Crippen molar-refractivity contribution in [3.63, 3.8) is 0 Å². The lowest BCUT2D eigenvalue weighted by molar-refractivity contribution is 0.111. The van der Waals surface area contributed by atoms with Gasteiger partial charge in [-0.25, -0.2) is 4.99 Å². The second-order valence-electron chi connectivity index (χ2n) is 2.33. The van der Waals surface area contributed by atoms with E-state index in [0.29, 0.717) is 17.7 Å². The number of aromatic nitrogens is 1. The summed E-state index contributed by atoms with van der Waals surface area (Å²) in [6, 6.07) is 3.18. The fraction of sp³-hybridized carbons (Fsp3) is 0. The zero-order valence-electron chi connectivity index (χ0n) is 6.97. The first-order chi connectivity index (χ1) is 6.20. The van der Waals surface area contributed by atoms with Crippen LogP contribution in [0.15, 0.2) is 29.9 Å². The van der Waals surface area contributed by atoms with Gasteiger partial charge >= 0.3 is 0 Å². The summed E-state index contributed by atoms with van der Waals surface area (Å²) in [5, 5.41) is 0. The van der Waals surface area contributed by atoms with Gasteiger partial charge < -0.3 is 11.6 Å². The minimum atomic E-state index is 0.227. The van der Waals surface area contributed by atoms with Crippen LogP contribution in [0.5, 0.6) is 0 Å². The molecule has 0 amide bonds. The molecule has 1 heterocycles. The lowest BCUT2D eigenvalue weighted by Crippen LogP contribution is -2.23. The van der Waals surface area contributed by atoms with Crippen LogP contribution in [-0.4, -0.2) is 16.8 Å². The van der Waals surface area contributed by atoms with Crippen molar-refractivity contribution in [3.8, 4) is 0 Å². The molecule has 0 fully saturated rings. The maximum Gasteiger partial charge on any atom is 0.168 e. The molecule has 5 heteroatoms. The number of aliphatic imine (C=N–C) groups is 1. The fourth-order valence-electron chi connectivity index (χ4n) is 0.933. The van der Waals surface area contributed by atoms with Crippen LogP contribution in [0.3, 0.4) is 0 Å². The standard InChI is InChI=1S/C8H10N4O/c1-2-11-8(9)7-4-3-6(5-13)12(7)10/h2-5H,1,10H2,(H2,9,11). The van der Waals surface area contributed by atoms with Gasteiger partial charge in [0.05, 0.1) is 0 Å². The van der Waals surface area contributed by atoms with E-state index in [9.17, 15) is 4.79 Å². The Hall–Kier alpha value is -2.04. The zero-order valence-corrected chi connectivity index (χ0v) is 6.97. The summed E-state index contributed by atoms with van der Waals surface area (Å²) in [6.07, 6.45) is 1.95. The Labute approximate surface area is 75.3 Å². The van der Waals surface area contributed by atoms with Gasteiger partial charge in [0.15, 0.2) is 6.29 Å². The molecule has 0 unspecified atom stereocenters. The van der Waals surface area contributed by atoms with Gasteiger partial charge in [0, 0.05) is 6.20 Å². The van der Waals surface area contributed by atoms with Crippen LogP contribution in [0.4, 0.5) is 0 Å². The lowest BCUT2D eigenvalue weighted by Gasteiger charge is -2.02. The summed E-state index contributed by atoms with van der Waals surface area (Å²) < 4.78 is 1.18. The third-order valence-corrected chi connectivity index (χ3v) is 1.56. The Bertz CT molecular complexity index is 364. The van der Waals surface area contributed by atoms with Crippen molar-refractivity contribution in [1.82, 2.24) is 4.68 Å². The summed E-state index contributed by atoms with van der Waals surface area (Å²) in [5.41, 5.74) is 6.37. The zero-order chi connectivity index (χ0) is 9.84. The van der Waals surface area contributed by atoms with E-state index in [4.69, 9.17) is 11.6 Å². The van der Waals surface area contributed by atoms with Crippen molar-refractivity contribution in [1.29, 1.82) is 0 Å². The summed E-state index contributed by atoms with van der Waals surface area (Å²) >= 11 is 0. The molecule has 1 aromatic heterocycles. The lowest BCUT2D eigenvalue weighted by atomic mass is 10.4. The molecular weight excluding hydrogens is 168 g/mol. The molecule has 5 nitrogen and oxygen atoms in total. The van der Waals surface area contributed by atoms with Gasteiger partial charge in [0.1, 0.15) is 17.2 Å². The summed E-state index contributed by atoms with van der Waals surface area (Å²) in [6.45, 7) is 3.40. The molecule has 68 valence electrons. The van der Waals surface area contributed by atoms with Crippen molar-refractivity contribution < 1.29 is 4.79 Å². The first kappa shape index (κ1) is 9.05. The largest absolute Gasteiger partial charge is 0.382 e. The van der Waals surface area contributed by atoms with E-state index in [2.05, 4.69) is 11.6 Å². The van der Waals surface area contributed by atoms with E-state index in [1.54, 1.807) is 12.1 Å². The van der Waals surface area contributed by atoms with Gasteiger partial charge in [-0.1, -0.05) is 6.58 Å². The Morgan fingerprint density at radius 3 is 2.77 bits per heavy atom. The van der Waals surface area contributed by atoms with E-state index >= 15 is 0 Å². The molecular formula is C8H10N4O. The smallest absolute Gasteiger partial charge is 0.168 e. The SMILES string of the molecule is C=CN=C(N)c1ccc(C=O)n1N. The van der Waals surface area contributed by atoms with Crippen LogP contribution in [-0.2, 0) is 0 Å². The van der Waals surface area contributed by atoms with Crippen LogP contribution in [0.2, 0.25) is 0 Å². The Morgan fingerprint density at radius 2 is 2.31 bits per heavy atom. The van der Waals surface area contributed by atoms with Crippen molar-refractivity contribution in [2.24, 2.45) is 10.7 Å². The van der Waals surface area contributed by atoms with E-state index in [-0.39, 0.29) is 5.84 Å². The van der Waals surface area contributed by atoms with Gasteiger partial charge in [0.2, 0.25) is 0 Å². The van der Waals surface area contributed by atoms with Gasteiger partial charge in [-0.3, -0.25) is 9.47 Å². The number of nitrogens with zero attached hydrogens (tertiary/aromatic N) is 2. The average Bonchev–Trinajstić information content (AvgIpc) is 2.47. The maximum absolute atomic E-state index is 10.4. The van der Waals surface area contributed by atoms with Gasteiger partial charge in [-0.2, -0.15) is 0 Å².